The Labute approximate surface area is 99.4 Å². The Kier molecular flexibility index (Phi) is 2.69. The summed E-state index contributed by atoms with van der Waals surface area (Å²) in [5.41, 5.74) is 2.29. The van der Waals surface area contributed by atoms with Gasteiger partial charge in [-0.3, -0.25) is 4.98 Å². The van der Waals surface area contributed by atoms with Crippen LogP contribution in [0.3, 0.4) is 0 Å². The van der Waals surface area contributed by atoms with E-state index in [2.05, 4.69) is 21.2 Å². The van der Waals surface area contributed by atoms with Crippen LogP contribution in [0.15, 0.2) is 35.1 Å². The molecule has 2 aromatic heterocycles. The maximum Gasteiger partial charge on any atom is 0.253 e. The summed E-state index contributed by atoms with van der Waals surface area (Å²) >= 11 is 0. The van der Waals surface area contributed by atoms with Gasteiger partial charge < -0.3 is 4.52 Å². The summed E-state index contributed by atoms with van der Waals surface area (Å²) in [6.45, 7) is 0. The number of hydrogen-bond acceptors (Lipinski definition) is 4. The monoisotopic (exact) mass is 227 g/mol. The molecule has 17 heavy (non-hydrogen) atoms. The Balaban J connectivity index is 1.77. The number of pyridine rings is 1. The predicted octanol–water partition coefficient (Wildman–Crippen LogP) is 2.62. The van der Waals surface area contributed by atoms with Gasteiger partial charge in [-0.2, -0.15) is 4.98 Å². The van der Waals surface area contributed by atoms with E-state index in [1.54, 1.807) is 6.20 Å². The van der Waals surface area contributed by atoms with E-state index in [1.165, 1.54) is 12.0 Å². The zero-order valence-electron chi connectivity index (χ0n) is 9.47. The van der Waals surface area contributed by atoms with E-state index >= 15 is 0 Å². The van der Waals surface area contributed by atoms with Crippen LogP contribution in [0.5, 0.6) is 0 Å². The molecule has 0 unspecified atom stereocenters. The number of aromatic nitrogens is 3. The van der Waals surface area contributed by atoms with Gasteiger partial charge >= 0.3 is 0 Å². The molecule has 0 aromatic carbocycles. The highest BCUT2D eigenvalue weighted by Crippen LogP contribution is 2.26. The number of rotatable bonds is 3. The number of allylic oxidation sites excluding steroid dienone is 2. The van der Waals surface area contributed by atoms with Gasteiger partial charge in [0.25, 0.3) is 5.89 Å². The molecule has 86 valence electrons. The van der Waals surface area contributed by atoms with Crippen LogP contribution in [0.1, 0.15) is 36.5 Å². The molecule has 0 bridgehead atoms. The van der Waals surface area contributed by atoms with Gasteiger partial charge in [0.05, 0.1) is 0 Å². The van der Waals surface area contributed by atoms with Crippen LogP contribution in [0.2, 0.25) is 0 Å². The van der Waals surface area contributed by atoms with Crippen LogP contribution in [-0.2, 0) is 6.42 Å². The summed E-state index contributed by atoms with van der Waals surface area (Å²) in [5.74, 6) is 1.40. The molecule has 0 saturated heterocycles. The van der Waals surface area contributed by atoms with E-state index in [1.807, 2.05) is 18.3 Å². The smallest absolute Gasteiger partial charge is 0.253 e. The van der Waals surface area contributed by atoms with Crippen molar-refractivity contribution in [3.05, 3.63) is 47.9 Å². The minimum absolute atomic E-state index is 0.671. The van der Waals surface area contributed by atoms with E-state index in [-0.39, 0.29) is 0 Å². The maximum atomic E-state index is 5.27. The van der Waals surface area contributed by atoms with Crippen molar-refractivity contribution in [2.24, 2.45) is 0 Å². The van der Waals surface area contributed by atoms with Crippen molar-refractivity contribution in [1.82, 2.24) is 15.1 Å². The fourth-order valence-corrected chi connectivity index (χ4v) is 2.01. The molecule has 0 spiro atoms. The third-order valence-corrected chi connectivity index (χ3v) is 2.87. The average molecular weight is 227 g/mol. The molecule has 1 aliphatic rings. The molecule has 4 nitrogen and oxygen atoms in total. The molecule has 0 aliphatic heterocycles. The maximum absolute atomic E-state index is 5.27. The first-order valence-corrected chi connectivity index (χ1v) is 5.83. The molecule has 0 fully saturated rings. The first kappa shape index (κ1) is 10.2. The molecule has 3 rings (SSSR count). The van der Waals surface area contributed by atoms with E-state index in [0.717, 1.165) is 24.2 Å². The van der Waals surface area contributed by atoms with Crippen LogP contribution >= 0.6 is 0 Å². The molecular weight excluding hydrogens is 214 g/mol. The van der Waals surface area contributed by atoms with Crippen molar-refractivity contribution in [3.63, 3.8) is 0 Å². The molecular formula is C13H13N3O. The lowest BCUT2D eigenvalue weighted by molar-refractivity contribution is 0.400. The highest BCUT2D eigenvalue weighted by Gasteiger charge is 2.14. The van der Waals surface area contributed by atoms with Crippen molar-refractivity contribution in [3.8, 4) is 0 Å². The molecule has 0 amide bonds. The lowest BCUT2D eigenvalue weighted by Gasteiger charge is -1.93. The van der Waals surface area contributed by atoms with Gasteiger partial charge in [-0.25, -0.2) is 0 Å². The van der Waals surface area contributed by atoms with E-state index in [9.17, 15) is 0 Å². The zero-order valence-corrected chi connectivity index (χ0v) is 9.47. The second-order valence-electron chi connectivity index (χ2n) is 4.18. The van der Waals surface area contributed by atoms with Crippen LogP contribution < -0.4 is 0 Å². The normalized spacial score (nSPS) is 14.9. The summed E-state index contributed by atoms with van der Waals surface area (Å²) in [6.07, 6.45) is 9.80. The molecule has 0 N–H and O–H groups in total. The first-order valence-electron chi connectivity index (χ1n) is 5.83. The molecule has 2 aromatic rings. The molecule has 4 heteroatoms. The molecule has 0 radical (unpaired) electrons. The van der Waals surface area contributed by atoms with Gasteiger partial charge in [0.2, 0.25) is 0 Å². The highest BCUT2D eigenvalue weighted by molar-refractivity contribution is 5.60. The van der Waals surface area contributed by atoms with Crippen molar-refractivity contribution < 1.29 is 4.52 Å². The largest absolute Gasteiger partial charge is 0.334 e. The fraction of sp³-hybridized carbons (Fsp3) is 0.308. The average Bonchev–Trinajstić information content (AvgIpc) is 3.00. The Morgan fingerprint density at radius 1 is 1.35 bits per heavy atom. The van der Waals surface area contributed by atoms with Gasteiger partial charge in [-0.05, 0) is 30.9 Å². The van der Waals surface area contributed by atoms with Gasteiger partial charge in [0, 0.05) is 24.4 Å². The third kappa shape index (κ3) is 2.25. The van der Waals surface area contributed by atoms with Crippen LogP contribution in [-0.4, -0.2) is 15.1 Å². The van der Waals surface area contributed by atoms with Gasteiger partial charge in [0.1, 0.15) is 0 Å². The summed E-state index contributed by atoms with van der Waals surface area (Å²) in [5, 5.41) is 4.00. The number of hydrogen-bond donors (Lipinski definition) is 0. The molecule has 0 atom stereocenters. The summed E-state index contributed by atoms with van der Waals surface area (Å²) < 4.78 is 5.27. The Morgan fingerprint density at radius 3 is 3.12 bits per heavy atom. The van der Waals surface area contributed by atoms with Crippen LogP contribution in [0, 0.1) is 0 Å². The number of nitrogens with zero attached hydrogens (tertiary/aromatic N) is 3. The van der Waals surface area contributed by atoms with Gasteiger partial charge in [-0.1, -0.05) is 17.3 Å². The summed E-state index contributed by atoms with van der Waals surface area (Å²) in [6, 6.07) is 3.92. The minimum atomic E-state index is 0.671. The van der Waals surface area contributed by atoms with E-state index < -0.39 is 0 Å². The Bertz CT molecular complexity index is 531. The first-order chi connectivity index (χ1) is 8.42. The highest BCUT2D eigenvalue weighted by atomic mass is 16.5. The van der Waals surface area contributed by atoms with Crippen molar-refractivity contribution in [2.75, 3.05) is 0 Å². The topological polar surface area (TPSA) is 51.8 Å². The van der Waals surface area contributed by atoms with E-state index in [4.69, 9.17) is 4.52 Å². The Hall–Kier alpha value is -1.97. The lowest BCUT2D eigenvalue weighted by atomic mass is 10.2. The second kappa shape index (κ2) is 4.49. The molecule has 1 aliphatic carbocycles. The van der Waals surface area contributed by atoms with Gasteiger partial charge in [0.15, 0.2) is 5.82 Å². The Morgan fingerprint density at radius 2 is 2.35 bits per heavy atom. The van der Waals surface area contributed by atoms with Crippen molar-refractivity contribution in [1.29, 1.82) is 0 Å². The summed E-state index contributed by atoms with van der Waals surface area (Å²) in [7, 11) is 0. The van der Waals surface area contributed by atoms with Crippen molar-refractivity contribution in [2.45, 2.75) is 25.7 Å². The fourth-order valence-electron chi connectivity index (χ4n) is 2.01. The standard InChI is InChI=1S/C13H13N3O/c1-2-6-11(5-1)13-15-12(16-17-13)8-10-4-3-7-14-9-10/h3-5,7,9H,1-2,6,8H2. The third-order valence-electron chi connectivity index (χ3n) is 2.87. The van der Waals surface area contributed by atoms with Gasteiger partial charge in [-0.15, -0.1) is 0 Å². The van der Waals surface area contributed by atoms with Crippen LogP contribution in [0.25, 0.3) is 5.57 Å². The minimum Gasteiger partial charge on any atom is -0.334 e. The van der Waals surface area contributed by atoms with E-state index in [0.29, 0.717) is 12.3 Å². The lowest BCUT2D eigenvalue weighted by Crippen LogP contribution is -1.91. The molecule has 2 heterocycles. The predicted molar refractivity (Wildman–Crippen MR) is 63.2 cm³/mol. The SMILES string of the molecule is C1=C(c2nc(Cc3cccnc3)no2)CCC1. The van der Waals surface area contributed by atoms with Crippen molar-refractivity contribution >= 4 is 5.57 Å². The zero-order chi connectivity index (χ0) is 11.5. The molecule has 0 saturated carbocycles. The van der Waals surface area contributed by atoms with Crippen LogP contribution in [0.4, 0.5) is 0 Å². The second-order valence-corrected chi connectivity index (χ2v) is 4.18. The summed E-state index contributed by atoms with van der Waals surface area (Å²) in [4.78, 5) is 8.48. The quantitative estimate of drug-likeness (QED) is 0.808.